The predicted molar refractivity (Wildman–Crippen MR) is 193 cm³/mol. The average Bonchev–Trinajstić information content (AvgIpc) is 3.61. The highest BCUT2D eigenvalue weighted by Gasteiger charge is 2.18. The monoisotopic (exact) mass is 612 g/mol. The van der Waals surface area contributed by atoms with E-state index in [0.717, 1.165) is 45.3 Å². The second-order valence-electron chi connectivity index (χ2n) is 12.5. The maximum atomic E-state index is 6.12. The molecule has 0 N–H and O–H groups in total. The third-order valence-corrected chi connectivity index (χ3v) is 8.20. The minimum Gasteiger partial charge on any atom is -0.416 e. The number of benzene rings is 6. The van der Waals surface area contributed by atoms with Crippen molar-refractivity contribution in [1.82, 2.24) is 10.2 Å². The van der Waals surface area contributed by atoms with E-state index in [0.29, 0.717) is 11.8 Å². The largest absolute Gasteiger partial charge is 0.416 e. The highest BCUT2D eigenvalue weighted by atomic mass is 16.4. The Morgan fingerprint density at radius 1 is 0.383 bits per heavy atom. The minimum absolute atomic E-state index is 0.0840. The van der Waals surface area contributed by atoms with Crippen molar-refractivity contribution in [1.29, 1.82) is 0 Å². The van der Waals surface area contributed by atoms with Gasteiger partial charge >= 0.3 is 0 Å². The molecule has 5 nitrogen and oxygen atoms in total. The van der Waals surface area contributed by atoms with E-state index in [-0.39, 0.29) is 5.41 Å². The predicted octanol–water partition coefficient (Wildman–Crippen LogP) is 11.6. The topological polar surface area (TPSA) is 45.4 Å². The Labute approximate surface area is 276 Å². The van der Waals surface area contributed by atoms with Crippen molar-refractivity contribution in [3.63, 3.8) is 0 Å². The summed E-state index contributed by atoms with van der Waals surface area (Å²) < 4.78 is 6.12. The number of aromatic nitrogens is 2. The van der Waals surface area contributed by atoms with Crippen LogP contribution in [0.1, 0.15) is 26.3 Å². The number of hydrogen-bond donors (Lipinski definition) is 0. The van der Waals surface area contributed by atoms with Gasteiger partial charge in [0.15, 0.2) is 0 Å². The summed E-state index contributed by atoms with van der Waals surface area (Å²) in [6, 6.07) is 56.6. The molecule has 0 radical (unpaired) electrons. The molecule has 0 saturated heterocycles. The van der Waals surface area contributed by atoms with Gasteiger partial charge in [0.1, 0.15) is 0 Å². The summed E-state index contributed by atoms with van der Waals surface area (Å²) in [6.07, 6.45) is 0. The third-order valence-electron chi connectivity index (χ3n) is 8.20. The lowest BCUT2D eigenvalue weighted by Gasteiger charge is -2.28. The molecular weight excluding hydrogens is 576 g/mol. The molecule has 7 aromatic rings. The molecule has 0 spiro atoms. The van der Waals surface area contributed by atoms with Crippen molar-refractivity contribution in [2.24, 2.45) is 0 Å². The van der Waals surface area contributed by atoms with E-state index in [9.17, 15) is 0 Å². The van der Waals surface area contributed by atoms with Crippen molar-refractivity contribution < 1.29 is 4.42 Å². The van der Waals surface area contributed by atoms with Crippen LogP contribution in [0.3, 0.4) is 0 Å². The molecule has 6 aromatic carbocycles. The van der Waals surface area contributed by atoms with Crippen LogP contribution in [-0.4, -0.2) is 10.2 Å². The maximum absolute atomic E-state index is 6.12. The Morgan fingerprint density at radius 3 is 1.02 bits per heavy atom. The number of para-hydroxylation sites is 3. The highest BCUT2D eigenvalue weighted by molar-refractivity contribution is 5.81. The molecule has 0 saturated carbocycles. The maximum Gasteiger partial charge on any atom is 0.248 e. The van der Waals surface area contributed by atoms with Crippen LogP contribution < -0.4 is 9.80 Å². The first-order valence-corrected chi connectivity index (χ1v) is 15.8. The summed E-state index contributed by atoms with van der Waals surface area (Å²) in [5.74, 6) is 1.000. The molecule has 230 valence electrons. The fourth-order valence-corrected chi connectivity index (χ4v) is 5.70. The Morgan fingerprint density at radius 2 is 0.681 bits per heavy atom. The van der Waals surface area contributed by atoms with E-state index in [1.165, 1.54) is 5.56 Å². The molecule has 1 aromatic heterocycles. The van der Waals surface area contributed by atoms with E-state index in [1.807, 2.05) is 42.5 Å². The van der Waals surface area contributed by atoms with Gasteiger partial charge in [0.2, 0.25) is 11.8 Å². The SMILES string of the molecule is CC(C)(C)c1ccc(-c2nnc(-c3ccc(N(c4ccccc4)c4ccc(N(c5ccccc5)c5ccccc5)cc4)cc3)o2)cc1. The van der Waals surface area contributed by atoms with Crippen LogP contribution in [0, 0.1) is 0 Å². The molecule has 0 amide bonds. The summed E-state index contributed by atoms with van der Waals surface area (Å²) in [4.78, 5) is 4.52. The number of anilines is 6. The van der Waals surface area contributed by atoms with Crippen molar-refractivity contribution in [3.8, 4) is 22.9 Å². The van der Waals surface area contributed by atoms with Gasteiger partial charge in [-0.05, 0) is 108 Å². The van der Waals surface area contributed by atoms with Gasteiger partial charge in [0.05, 0.1) is 0 Å². The number of nitrogens with zero attached hydrogens (tertiary/aromatic N) is 4. The van der Waals surface area contributed by atoms with Crippen LogP contribution >= 0.6 is 0 Å². The van der Waals surface area contributed by atoms with E-state index < -0.39 is 0 Å². The van der Waals surface area contributed by atoms with Crippen LogP contribution in [0.25, 0.3) is 22.9 Å². The van der Waals surface area contributed by atoms with Gasteiger partial charge in [-0.3, -0.25) is 0 Å². The summed E-state index contributed by atoms with van der Waals surface area (Å²) in [7, 11) is 0. The van der Waals surface area contributed by atoms with Gasteiger partial charge in [-0.2, -0.15) is 0 Å². The lowest BCUT2D eigenvalue weighted by molar-refractivity contribution is 0.582. The first-order chi connectivity index (χ1) is 22.9. The van der Waals surface area contributed by atoms with E-state index >= 15 is 0 Å². The van der Waals surface area contributed by atoms with Crippen LogP contribution in [0.15, 0.2) is 168 Å². The molecule has 0 aliphatic heterocycles. The lowest BCUT2D eigenvalue weighted by Crippen LogP contribution is -2.12. The van der Waals surface area contributed by atoms with Crippen LogP contribution in [0.5, 0.6) is 0 Å². The smallest absolute Gasteiger partial charge is 0.248 e. The molecular formula is C42H36N4O. The molecule has 47 heavy (non-hydrogen) atoms. The molecule has 0 bridgehead atoms. The molecule has 0 atom stereocenters. The van der Waals surface area contributed by atoms with Gasteiger partial charge in [-0.15, -0.1) is 10.2 Å². The lowest BCUT2D eigenvalue weighted by atomic mass is 9.87. The first-order valence-electron chi connectivity index (χ1n) is 15.8. The standard InChI is InChI=1S/C42H36N4O/c1-42(2,3)33-23-19-31(20-24-33)40-43-44-41(47-40)32-21-25-37(26-22-32)46(36-17-11-6-12-18-36)39-29-27-38(28-30-39)45(34-13-7-4-8-14-34)35-15-9-5-10-16-35/h4-30H,1-3H3. The molecule has 0 aliphatic carbocycles. The Balaban J connectivity index is 1.18. The molecule has 7 rings (SSSR count). The molecule has 0 aliphatic rings. The van der Waals surface area contributed by atoms with Gasteiger partial charge < -0.3 is 14.2 Å². The minimum atomic E-state index is 0.0840. The summed E-state index contributed by atoms with van der Waals surface area (Å²) in [6.45, 7) is 6.61. The van der Waals surface area contributed by atoms with Crippen LogP contribution in [-0.2, 0) is 5.41 Å². The van der Waals surface area contributed by atoms with E-state index in [1.54, 1.807) is 0 Å². The van der Waals surface area contributed by atoms with Gasteiger partial charge in [-0.25, -0.2) is 0 Å². The number of hydrogen-bond acceptors (Lipinski definition) is 5. The normalized spacial score (nSPS) is 11.3. The van der Waals surface area contributed by atoms with Crippen molar-refractivity contribution in [2.75, 3.05) is 9.80 Å². The molecule has 0 fully saturated rings. The van der Waals surface area contributed by atoms with Crippen molar-refractivity contribution in [3.05, 3.63) is 169 Å². The molecule has 0 unspecified atom stereocenters. The summed E-state index contributed by atoms with van der Waals surface area (Å²) in [5, 5.41) is 8.71. The molecule has 1 heterocycles. The van der Waals surface area contributed by atoms with E-state index in [4.69, 9.17) is 4.42 Å². The second-order valence-corrected chi connectivity index (χ2v) is 12.5. The quantitative estimate of drug-likeness (QED) is 0.171. The van der Waals surface area contributed by atoms with Gasteiger partial charge in [0, 0.05) is 45.3 Å². The number of rotatable bonds is 8. The zero-order chi connectivity index (χ0) is 32.2. The fraction of sp³-hybridized carbons (Fsp3) is 0.0952. The van der Waals surface area contributed by atoms with E-state index in [2.05, 4.69) is 162 Å². The van der Waals surface area contributed by atoms with Crippen molar-refractivity contribution in [2.45, 2.75) is 26.2 Å². The third kappa shape index (κ3) is 6.42. The van der Waals surface area contributed by atoms with Crippen LogP contribution in [0.4, 0.5) is 34.1 Å². The van der Waals surface area contributed by atoms with Gasteiger partial charge in [-0.1, -0.05) is 87.5 Å². The first kappa shape index (κ1) is 29.8. The Hall–Kier alpha value is -5.94. The van der Waals surface area contributed by atoms with Crippen molar-refractivity contribution >= 4 is 34.1 Å². The second kappa shape index (κ2) is 12.8. The zero-order valence-corrected chi connectivity index (χ0v) is 26.8. The van der Waals surface area contributed by atoms with Gasteiger partial charge in [0.25, 0.3) is 0 Å². The Kier molecular flexibility index (Phi) is 8.11. The fourth-order valence-electron chi connectivity index (χ4n) is 5.70. The molecule has 5 heteroatoms. The zero-order valence-electron chi connectivity index (χ0n) is 26.8. The summed E-state index contributed by atoms with van der Waals surface area (Å²) >= 11 is 0. The average molecular weight is 613 g/mol. The highest BCUT2D eigenvalue weighted by Crippen LogP contribution is 2.39. The van der Waals surface area contributed by atoms with Crippen LogP contribution in [0.2, 0.25) is 0 Å². The summed E-state index contributed by atoms with van der Waals surface area (Å²) in [5.41, 5.74) is 9.54. The Bertz CT molecular complexity index is 1990.